The number of hydrogen-bond donors (Lipinski definition) is 2. The summed E-state index contributed by atoms with van der Waals surface area (Å²) >= 11 is 1.18. The molecule has 6 nitrogen and oxygen atoms in total. The summed E-state index contributed by atoms with van der Waals surface area (Å²) in [7, 11) is 1.60. The smallest absolute Gasteiger partial charge is 0.338 e. The number of ether oxygens (including phenoxy) is 1. The zero-order valence-corrected chi connectivity index (χ0v) is 13.1. The monoisotopic (exact) mass is 337 g/mol. The van der Waals surface area contributed by atoms with E-state index in [0.29, 0.717) is 10.2 Å². The first-order valence-corrected chi connectivity index (χ1v) is 6.89. The van der Waals surface area contributed by atoms with Crippen molar-refractivity contribution in [3.8, 4) is 5.75 Å². The van der Waals surface area contributed by atoms with Crippen LogP contribution >= 0.6 is 24.2 Å². The van der Waals surface area contributed by atoms with Gasteiger partial charge < -0.3 is 14.8 Å². The summed E-state index contributed by atoms with van der Waals surface area (Å²) in [6.45, 7) is 0. The summed E-state index contributed by atoms with van der Waals surface area (Å²) in [4.78, 5) is 22.8. The van der Waals surface area contributed by atoms with Gasteiger partial charge in [-0.2, -0.15) is 0 Å². The van der Waals surface area contributed by atoms with Crippen LogP contribution in [0.2, 0.25) is 0 Å². The maximum absolute atomic E-state index is 11.2. The topological polar surface area (TPSA) is 88.1 Å². The molecule has 114 valence electrons. The molecule has 0 aliphatic carbocycles. The first kappa shape index (κ1) is 16.1. The number of H-pyrrole nitrogens is 1. The van der Waals surface area contributed by atoms with E-state index >= 15 is 0 Å². The average Bonchev–Trinajstić information content (AvgIpc) is 2.88. The Labute approximate surface area is 136 Å². The Hall–Kier alpha value is -2.25. The van der Waals surface area contributed by atoms with Crippen LogP contribution in [0.1, 0.15) is 10.4 Å². The minimum absolute atomic E-state index is 0. The fourth-order valence-corrected chi connectivity index (χ4v) is 2.73. The number of pyridine rings is 1. The Morgan fingerprint density at radius 3 is 2.91 bits per heavy atom. The van der Waals surface area contributed by atoms with E-state index in [4.69, 9.17) is 9.84 Å². The first-order valence-electron chi connectivity index (χ1n) is 6.07. The van der Waals surface area contributed by atoms with E-state index in [1.165, 1.54) is 17.8 Å². The molecule has 8 heteroatoms. The SMILES string of the molecule is COc1ccc2nc(Sc3ncccc3C(=O)O)[nH]c2c1.Cl. The Morgan fingerprint density at radius 1 is 1.36 bits per heavy atom. The highest BCUT2D eigenvalue weighted by Gasteiger charge is 2.14. The van der Waals surface area contributed by atoms with Gasteiger partial charge in [0.2, 0.25) is 0 Å². The number of nitrogens with one attached hydrogen (secondary N) is 1. The van der Waals surface area contributed by atoms with Crippen LogP contribution in [-0.2, 0) is 0 Å². The highest BCUT2D eigenvalue weighted by atomic mass is 35.5. The number of carboxylic acid groups (broad SMARTS) is 1. The van der Waals surface area contributed by atoms with Crippen molar-refractivity contribution in [1.29, 1.82) is 0 Å². The third-order valence-corrected chi connectivity index (χ3v) is 3.77. The van der Waals surface area contributed by atoms with Gasteiger partial charge in [0, 0.05) is 12.3 Å². The summed E-state index contributed by atoms with van der Waals surface area (Å²) in [6.07, 6.45) is 1.56. The number of methoxy groups -OCH3 is 1. The minimum atomic E-state index is -1.01. The van der Waals surface area contributed by atoms with E-state index < -0.39 is 5.97 Å². The van der Waals surface area contributed by atoms with Crippen LogP contribution < -0.4 is 4.74 Å². The summed E-state index contributed by atoms with van der Waals surface area (Å²) in [6, 6.07) is 8.61. The molecule has 22 heavy (non-hydrogen) atoms. The zero-order chi connectivity index (χ0) is 14.8. The lowest BCUT2D eigenvalue weighted by Crippen LogP contribution is -2.00. The molecular weight excluding hydrogens is 326 g/mol. The number of benzene rings is 1. The van der Waals surface area contributed by atoms with E-state index in [2.05, 4.69) is 15.0 Å². The normalized spacial score (nSPS) is 10.2. The maximum Gasteiger partial charge on any atom is 0.338 e. The highest BCUT2D eigenvalue weighted by molar-refractivity contribution is 7.99. The Bertz CT molecular complexity index is 822. The van der Waals surface area contributed by atoms with E-state index in [0.717, 1.165) is 16.8 Å². The van der Waals surface area contributed by atoms with Crippen molar-refractivity contribution in [3.05, 3.63) is 42.1 Å². The molecule has 2 aromatic heterocycles. The van der Waals surface area contributed by atoms with Gasteiger partial charge in [0.1, 0.15) is 10.8 Å². The van der Waals surface area contributed by atoms with Crippen molar-refractivity contribution < 1.29 is 14.6 Å². The largest absolute Gasteiger partial charge is 0.497 e. The Balaban J connectivity index is 0.00000176. The van der Waals surface area contributed by atoms with Crippen molar-refractivity contribution in [1.82, 2.24) is 15.0 Å². The van der Waals surface area contributed by atoms with Crippen molar-refractivity contribution in [2.45, 2.75) is 10.2 Å². The van der Waals surface area contributed by atoms with E-state index in [1.54, 1.807) is 19.4 Å². The van der Waals surface area contributed by atoms with E-state index in [-0.39, 0.29) is 18.0 Å². The number of hydrogen-bond acceptors (Lipinski definition) is 5. The van der Waals surface area contributed by atoms with Gasteiger partial charge in [-0.05, 0) is 36.0 Å². The van der Waals surface area contributed by atoms with Gasteiger partial charge in [0.05, 0.1) is 23.7 Å². The molecule has 1 aromatic carbocycles. The number of fused-ring (bicyclic) bond motifs is 1. The molecule has 0 amide bonds. The van der Waals surface area contributed by atoms with Gasteiger partial charge in [-0.15, -0.1) is 12.4 Å². The highest BCUT2D eigenvalue weighted by Crippen LogP contribution is 2.29. The van der Waals surface area contributed by atoms with Gasteiger partial charge in [0.15, 0.2) is 5.16 Å². The molecule has 0 spiro atoms. The number of aromatic nitrogens is 3. The van der Waals surface area contributed by atoms with Crippen LogP contribution in [0.25, 0.3) is 11.0 Å². The third-order valence-electron chi connectivity index (χ3n) is 2.86. The predicted molar refractivity (Wildman–Crippen MR) is 85.2 cm³/mol. The standard InChI is InChI=1S/C14H11N3O3S.ClH/c1-20-8-4-5-10-11(7-8)17-14(16-10)21-12-9(13(18)19)3-2-6-15-12;/h2-7H,1H3,(H,16,17)(H,18,19);1H. The molecule has 0 radical (unpaired) electrons. The molecule has 0 aliphatic rings. The fourth-order valence-electron chi connectivity index (χ4n) is 1.87. The molecule has 0 bridgehead atoms. The van der Waals surface area contributed by atoms with Crippen molar-refractivity contribution in [2.75, 3.05) is 7.11 Å². The molecule has 0 atom stereocenters. The van der Waals surface area contributed by atoms with Crippen molar-refractivity contribution >= 4 is 41.2 Å². The number of carbonyl (C=O) groups is 1. The molecule has 2 N–H and O–H groups in total. The average molecular weight is 338 g/mol. The summed E-state index contributed by atoms with van der Waals surface area (Å²) in [5, 5.41) is 10.1. The zero-order valence-electron chi connectivity index (χ0n) is 11.4. The molecule has 0 aliphatic heterocycles. The number of nitrogens with zero attached hydrogens (tertiary/aromatic N) is 2. The molecule has 2 heterocycles. The van der Waals surface area contributed by atoms with E-state index in [1.807, 2.05) is 18.2 Å². The van der Waals surface area contributed by atoms with Gasteiger partial charge >= 0.3 is 5.97 Å². The number of aromatic amines is 1. The van der Waals surface area contributed by atoms with Crippen LogP contribution in [0.3, 0.4) is 0 Å². The van der Waals surface area contributed by atoms with Crippen molar-refractivity contribution in [3.63, 3.8) is 0 Å². The molecule has 0 saturated heterocycles. The van der Waals surface area contributed by atoms with Crippen LogP contribution in [0.4, 0.5) is 0 Å². The first-order chi connectivity index (χ1) is 10.2. The summed E-state index contributed by atoms with van der Waals surface area (Å²) < 4.78 is 5.16. The van der Waals surface area contributed by atoms with Crippen LogP contribution in [-0.4, -0.2) is 33.1 Å². The number of imidazole rings is 1. The maximum atomic E-state index is 11.2. The van der Waals surface area contributed by atoms with E-state index in [9.17, 15) is 4.79 Å². The van der Waals surface area contributed by atoms with Gasteiger partial charge in [-0.3, -0.25) is 0 Å². The van der Waals surface area contributed by atoms with Crippen LogP contribution in [0.15, 0.2) is 46.7 Å². The third kappa shape index (κ3) is 3.15. The Morgan fingerprint density at radius 2 is 2.18 bits per heavy atom. The quantitative estimate of drug-likeness (QED) is 0.759. The van der Waals surface area contributed by atoms with Gasteiger partial charge in [0.25, 0.3) is 0 Å². The molecule has 0 saturated carbocycles. The molecular formula is C14H12ClN3O3S. The fraction of sp³-hybridized carbons (Fsp3) is 0.0714. The minimum Gasteiger partial charge on any atom is -0.497 e. The molecule has 0 unspecified atom stereocenters. The Kier molecular flexibility index (Phi) is 4.89. The lowest BCUT2D eigenvalue weighted by Gasteiger charge is -2.01. The number of carboxylic acids is 1. The molecule has 0 fully saturated rings. The second kappa shape index (κ2) is 6.67. The number of rotatable bonds is 4. The summed E-state index contributed by atoms with van der Waals surface area (Å²) in [5.41, 5.74) is 1.76. The second-order valence-electron chi connectivity index (χ2n) is 4.19. The molecule has 3 rings (SSSR count). The van der Waals surface area contributed by atoms with Crippen molar-refractivity contribution in [2.24, 2.45) is 0 Å². The number of halogens is 1. The second-order valence-corrected chi connectivity index (χ2v) is 5.17. The van der Waals surface area contributed by atoms with Gasteiger partial charge in [-0.1, -0.05) is 0 Å². The lowest BCUT2D eigenvalue weighted by molar-refractivity contribution is 0.0692. The van der Waals surface area contributed by atoms with Crippen LogP contribution in [0, 0.1) is 0 Å². The lowest BCUT2D eigenvalue weighted by atomic mass is 10.3. The molecule has 3 aromatic rings. The summed E-state index contributed by atoms with van der Waals surface area (Å²) in [5.74, 6) is -0.282. The van der Waals surface area contributed by atoms with Crippen LogP contribution in [0.5, 0.6) is 5.75 Å². The van der Waals surface area contributed by atoms with Gasteiger partial charge in [-0.25, -0.2) is 14.8 Å². The predicted octanol–water partition coefficient (Wildman–Crippen LogP) is 3.24. The number of aromatic carboxylic acids is 1.